The molecule has 0 radical (unpaired) electrons. The Kier molecular flexibility index (Phi) is 6.01. The normalized spacial score (nSPS) is 16.5. The number of aromatic nitrogens is 2. The van der Waals surface area contributed by atoms with Gasteiger partial charge in [-0.1, -0.05) is 12.1 Å². The summed E-state index contributed by atoms with van der Waals surface area (Å²) in [6.07, 6.45) is 3.86. The highest BCUT2D eigenvalue weighted by atomic mass is 16.5. The van der Waals surface area contributed by atoms with Crippen LogP contribution in [0.1, 0.15) is 37.2 Å². The van der Waals surface area contributed by atoms with Crippen LogP contribution in [0.25, 0.3) is 0 Å². The minimum Gasteiger partial charge on any atom is -0.489 e. The van der Waals surface area contributed by atoms with Gasteiger partial charge in [0.15, 0.2) is 0 Å². The van der Waals surface area contributed by atoms with Gasteiger partial charge in [0.05, 0.1) is 17.9 Å². The Balaban J connectivity index is 1.65. The van der Waals surface area contributed by atoms with Gasteiger partial charge in [-0.25, -0.2) is 9.97 Å². The zero-order chi connectivity index (χ0) is 18.4. The van der Waals surface area contributed by atoms with Gasteiger partial charge in [-0.05, 0) is 44.9 Å². The molecule has 1 aliphatic rings. The summed E-state index contributed by atoms with van der Waals surface area (Å²) in [5, 5.41) is 5.98. The van der Waals surface area contributed by atoms with E-state index in [1.165, 1.54) is 0 Å². The molecule has 1 saturated heterocycles. The molecule has 1 fully saturated rings. The fourth-order valence-corrected chi connectivity index (χ4v) is 2.69. The molecule has 7 heteroatoms. The molecule has 2 aromatic rings. The third-order valence-electron chi connectivity index (χ3n) is 3.90. The van der Waals surface area contributed by atoms with Crippen LogP contribution in [0.15, 0.2) is 36.5 Å². The van der Waals surface area contributed by atoms with Gasteiger partial charge >= 0.3 is 0 Å². The second-order valence-electron chi connectivity index (χ2n) is 6.40. The molecule has 1 aromatic carbocycles. The molecule has 26 heavy (non-hydrogen) atoms. The van der Waals surface area contributed by atoms with Crippen LogP contribution < -0.4 is 15.4 Å². The molecule has 3 rings (SSSR count). The van der Waals surface area contributed by atoms with Crippen LogP contribution in [0.4, 0.5) is 11.6 Å². The molecule has 0 bridgehead atoms. The minimum atomic E-state index is -0.313. The molecule has 0 spiro atoms. The summed E-state index contributed by atoms with van der Waals surface area (Å²) in [5.74, 6) is 0.730. The number of nitrogens with one attached hydrogen (secondary N) is 2. The molecular formula is C19H24N4O3. The van der Waals surface area contributed by atoms with Gasteiger partial charge in [0, 0.05) is 19.3 Å². The molecule has 1 unspecified atom stereocenters. The summed E-state index contributed by atoms with van der Waals surface area (Å²) in [5.41, 5.74) is 0.896. The van der Waals surface area contributed by atoms with Crippen molar-refractivity contribution in [2.24, 2.45) is 0 Å². The zero-order valence-corrected chi connectivity index (χ0v) is 15.1. The summed E-state index contributed by atoms with van der Waals surface area (Å²) in [7, 11) is 0. The molecule has 2 N–H and O–H groups in total. The lowest BCUT2D eigenvalue weighted by molar-refractivity contribution is 0.102. The molecular weight excluding hydrogens is 332 g/mol. The fourth-order valence-electron chi connectivity index (χ4n) is 2.69. The van der Waals surface area contributed by atoms with Crippen molar-refractivity contribution >= 4 is 17.5 Å². The average molecular weight is 356 g/mol. The van der Waals surface area contributed by atoms with Crippen molar-refractivity contribution in [3.05, 3.63) is 42.2 Å². The van der Waals surface area contributed by atoms with E-state index in [1.807, 2.05) is 32.0 Å². The van der Waals surface area contributed by atoms with Crippen molar-refractivity contribution in [2.45, 2.75) is 38.9 Å². The standard InChI is InChI=1S/C19H24N4O3/c1-13(2)26-17-8-4-3-7-15(17)22-18(24)16-9-10-20-19(23-16)21-12-14-6-5-11-25-14/h3-4,7-10,13-14H,5-6,11-12H2,1-2H3,(H,22,24)(H,20,21,23). The first-order valence-corrected chi connectivity index (χ1v) is 8.87. The first-order valence-electron chi connectivity index (χ1n) is 8.87. The number of amides is 1. The van der Waals surface area contributed by atoms with Gasteiger partial charge in [0.2, 0.25) is 5.95 Å². The number of benzene rings is 1. The van der Waals surface area contributed by atoms with Crippen LogP contribution in [0.3, 0.4) is 0 Å². The van der Waals surface area contributed by atoms with Crippen LogP contribution in [-0.2, 0) is 4.74 Å². The van der Waals surface area contributed by atoms with Crippen LogP contribution >= 0.6 is 0 Å². The number of anilines is 2. The second kappa shape index (κ2) is 8.62. The number of ether oxygens (including phenoxy) is 2. The first-order chi connectivity index (χ1) is 12.6. The maximum atomic E-state index is 12.6. The summed E-state index contributed by atoms with van der Waals surface area (Å²) >= 11 is 0. The third-order valence-corrected chi connectivity index (χ3v) is 3.90. The van der Waals surface area contributed by atoms with Gasteiger partial charge in [-0.3, -0.25) is 4.79 Å². The van der Waals surface area contributed by atoms with E-state index in [1.54, 1.807) is 18.3 Å². The molecule has 1 amide bonds. The van der Waals surface area contributed by atoms with Crippen molar-refractivity contribution in [2.75, 3.05) is 23.8 Å². The summed E-state index contributed by atoms with van der Waals surface area (Å²) < 4.78 is 11.3. The number of para-hydroxylation sites is 2. The van der Waals surface area contributed by atoms with E-state index >= 15 is 0 Å². The molecule has 0 saturated carbocycles. The SMILES string of the molecule is CC(C)Oc1ccccc1NC(=O)c1ccnc(NCC2CCCO2)n1. The molecule has 7 nitrogen and oxygen atoms in total. The number of hydrogen-bond acceptors (Lipinski definition) is 6. The molecule has 1 aliphatic heterocycles. The van der Waals surface area contributed by atoms with Gasteiger partial charge in [0.25, 0.3) is 5.91 Å². The average Bonchev–Trinajstić information content (AvgIpc) is 3.15. The zero-order valence-electron chi connectivity index (χ0n) is 15.1. The van der Waals surface area contributed by atoms with E-state index in [2.05, 4.69) is 20.6 Å². The maximum absolute atomic E-state index is 12.6. The second-order valence-corrected chi connectivity index (χ2v) is 6.40. The van der Waals surface area contributed by atoms with E-state index in [-0.39, 0.29) is 23.8 Å². The summed E-state index contributed by atoms with van der Waals surface area (Å²) in [6, 6.07) is 8.92. The number of carbonyl (C=O) groups excluding carboxylic acids is 1. The quantitative estimate of drug-likeness (QED) is 0.793. The Labute approximate surface area is 153 Å². The van der Waals surface area contributed by atoms with Crippen molar-refractivity contribution in [1.29, 1.82) is 0 Å². The number of rotatable bonds is 7. The highest BCUT2D eigenvalue weighted by molar-refractivity contribution is 6.03. The highest BCUT2D eigenvalue weighted by Crippen LogP contribution is 2.25. The van der Waals surface area contributed by atoms with E-state index < -0.39 is 0 Å². The van der Waals surface area contributed by atoms with Crippen LogP contribution in [0, 0.1) is 0 Å². The Morgan fingerprint density at radius 1 is 1.35 bits per heavy atom. The lowest BCUT2D eigenvalue weighted by Gasteiger charge is -2.15. The van der Waals surface area contributed by atoms with Crippen LogP contribution in [0.5, 0.6) is 5.75 Å². The predicted octanol–water partition coefficient (Wildman–Crippen LogP) is 3.11. The van der Waals surface area contributed by atoms with Crippen molar-refractivity contribution in [1.82, 2.24) is 9.97 Å². The van der Waals surface area contributed by atoms with E-state index in [4.69, 9.17) is 9.47 Å². The smallest absolute Gasteiger partial charge is 0.274 e. The van der Waals surface area contributed by atoms with Crippen LogP contribution in [0.2, 0.25) is 0 Å². The molecule has 1 atom stereocenters. The van der Waals surface area contributed by atoms with E-state index in [0.717, 1.165) is 19.4 Å². The molecule has 0 aliphatic carbocycles. The molecule has 1 aromatic heterocycles. The third kappa shape index (κ3) is 4.92. The topological polar surface area (TPSA) is 85.4 Å². The molecule has 138 valence electrons. The minimum absolute atomic E-state index is 0.0145. The lowest BCUT2D eigenvalue weighted by Crippen LogP contribution is -2.21. The van der Waals surface area contributed by atoms with Gasteiger partial charge in [0.1, 0.15) is 11.4 Å². The fraction of sp³-hybridized carbons (Fsp3) is 0.421. The highest BCUT2D eigenvalue weighted by Gasteiger charge is 2.16. The van der Waals surface area contributed by atoms with Gasteiger partial charge in [-0.15, -0.1) is 0 Å². The molecule has 2 heterocycles. The number of nitrogens with zero attached hydrogens (tertiary/aromatic N) is 2. The van der Waals surface area contributed by atoms with Crippen LogP contribution in [-0.4, -0.2) is 41.2 Å². The van der Waals surface area contributed by atoms with Crippen molar-refractivity contribution < 1.29 is 14.3 Å². The van der Waals surface area contributed by atoms with Crippen molar-refractivity contribution in [3.8, 4) is 5.75 Å². The maximum Gasteiger partial charge on any atom is 0.274 e. The number of hydrogen-bond donors (Lipinski definition) is 2. The van der Waals surface area contributed by atoms with Crippen molar-refractivity contribution in [3.63, 3.8) is 0 Å². The summed E-state index contributed by atoms with van der Waals surface area (Å²) in [6.45, 7) is 5.31. The van der Waals surface area contributed by atoms with E-state index in [0.29, 0.717) is 23.9 Å². The monoisotopic (exact) mass is 356 g/mol. The Bertz CT molecular complexity index is 745. The lowest BCUT2D eigenvalue weighted by atomic mass is 10.2. The van der Waals surface area contributed by atoms with E-state index in [9.17, 15) is 4.79 Å². The Hall–Kier alpha value is -2.67. The van der Waals surface area contributed by atoms with Gasteiger partial charge < -0.3 is 20.1 Å². The Morgan fingerprint density at radius 3 is 2.96 bits per heavy atom. The largest absolute Gasteiger partial charge is 0.489 e. The first kappa shape index (κ1) is 18.1. The Morgan fingerprint density at radius 2 is 2.19 bits per heavy atom. The summed E-state index contributed by atoms with van der Waals surface area (Å²) in [4.78, 5) is 21.0. The van der Waals surface area contributed by atoms with Gasteiger partial charge in [-0.2, -0.15) is 0 Å². The number of carbonyl (C=O) groups is 1. The predicted molar refractivity (Wildman–Crippen MR) is 99.7 cm³/mol.